The molecule has 5 nitrogen and oxygen atoms in total. The van der Waals surface area contributed by atoms with E-state index >= 15 is 0 Å². The maximum Gasteiger partial charge on any atom is 0.298 e. The van der Waals surface area contributed by atoms with Gasteiger partial charge in [-0.15, -0.1) is 0 Å². The number of hydrogen-bond donors (Lipinski definition) is 1. The van der Waals surface area contributed by atoms with Gasteiger partial charge in [0, 0.05) is 23.0 Å². The topological polar surface area (TPSA) is 59.8 Å². The summed E-state index contributed by atoms with van der Waals surface area (Å²) in [6.07, 6.45) is 1.70. The minimum Gasteiger partial charge on any atom is -0.495 e. The zero-order chi connectivity index (χ0) is 21.3. The first-order valence-corrected chi connectivity index (χ1v) is 9.41. The van der Waals surface area contributed by atoms with Crippen molar-refractivity contribution in [2.75, 3.05) is 12.4 Å². The van der Waals surface area contributed by atoms with E-state index in [1.54, 1.807) is 47.0 Å². The Bertz CT molecular complexity index is 1270. The summed E-state index contributed by atoms with van der Waals surface area (Å²) < 4.78 is 20.1. The summed E-state index contributed by atoms with van der Waals surface area (Å²) in [6, 6.07) is 17.7. The maximum atomic E-state index is 13.4. The molecule has 0 aliphatic carbocycles. The lowest BCUT2D eigenvalue weighted by molar-refractivity contribution is -0.112. The van der Waals surface area contributed by atoms with Crippen LogP contribution in [0.15, 0.2) is 72.9 Å². The molecule has 0 atom stereocenters. The average Bonchev–Trinajstić information content (AvgIpc) is 3.13. The molecule has 0 spiro atoms. The number of anilines is 1. The number of ketones is 1. The maximum absolute atomic E-state index is 13.4. The third-order valence-electron chi connectivity index (χ3n) is 4.67. The number of fused-ring (bicyclic) bond motifs is 1. The number of Topliss-reactive ketones (excluding diaryl/α,β-unsaturated/α-hetero) is 1. The molecule has 0 saturated heterocycles. The molecule has 0 aliphatic heterocycles. The standard InChI is InChI=1S/C23H16ClFN2O3/c1-30-20-10-9-16(12-19(20)24)26-23(29)22(28)21-18(14-5-7-15(25)8-6-14)13-17-4-2-3-11-27(17)21/h2-13H,1H3,(H,26,29). The van der Waals surface area contributed by atoms with E-state index in [4.69, 9.17) is 16.3 Å². The number of rotatable bonds is 5. The molecular weight excluding hydrogens is 407 g/mol. The van der Waals surface area contributed by atoms with Crippen LogP contribution in [0.3, 0.4) is 0 Å². The molecule has 1 N–H and O–H groups in total. The first kappa shape index (κ1) is 19.7. The number of carbonyl (C=O) groups excluding carboxylic acids is 2. The van der Waals surface area contributed by atoms with Crippen molar-refractivity contribution in [3.63, 3.8) is 0 Å². The molecule has 0 radical (unpaired) electrons. The van der Waals surface area contributed by atoms with E-state index in [-0.39, 0.29) is 11.5 Å². The Labute approximate surface area is 176 Å². The number of carbonyl (C=O) groups is 2. The van der Waals surface area contributed by atoms with Crippen LogP contribution in [-0.4, -0.2) is 23.2 Å². The molecule has 4 rings (SSSR count). The monoisotopic (exact) mass is 422 g/mol. The van der Waals surface area contributed by atoms with Gasteiger partial charge in [0.25, 0.3) is 11.7 Å². The predicted molar refractivity (Wildman–Crippen MR) is 114 cm³/mol. The van der Waals surface area contributed by atoms with Crippen LogP contribution in [0.5, 0.6) is 5.75 Å². The van der Waals surface area contributed by atoms with Crippen molar-refractivity contribution in [1.29, 1.82) is 0 Å². The van der Waals surface area contributed by atoms with Crippen LogP contribution in [0.1, 0.15) is 10.5 Å². The van der Waals surface area contributed by atoms with Crippen LogP contribution in [0, 0.1) is 5.82 Å². The van der Waals surface area contributed by atoms with Crippen molar-refractivity contribution in [1.82, 2.24) is 4.40 Å². The first-order chi connectivity index (χ1) is 14.5. The van der Waals surface area contributed by atoms with Crippen LogP contribution in [0.2, 0.25) is 5.02 Å². The van der Waals surface area contributed by atoms with E-state index in [1.165, 1.54) is 25.3 Å². The molecule has 0 saturated carbocycles. The predicted octanol–water partition coefficient (Wildman–Crippen LogP) is 5.23. The Morgan fingerprint density at radius 3 is 2.50 bits per heavy atom. The van der Waals surface area contributed by atoms with Gasteiger partial charge in [-0.2, -0.15) is 0 Å². The Morgan fingerprint density at radius 1 is 1.03 bits per heavy atom. The van der Waals surface area contributed by atoms with Crippen molar-refractivity contribution >= 4 is 34.5 Å². The smallest absolute Gasteiger partial charge is 0.298 e. The van der Waals surface area contributed by atoms with Gasteiger partial charge in [0.2, 0.25) is 0 Å². The third-order valence-corrected chi connectivity index (χ3v) is 4.96. The number of methoxy groups -OCH3 is 1. The summed E-state index contributed by atoms with van der Waals surface area (Å²) in [4.78, 5) is 25.9. The molecular formula is C23H16ClFN2O3. The number of halogens is 2. The van der Waals surface area contributed by atoms with E-state index in [0.29, 0.717) is 27.6 Å². The van der Waals surface area contributed by atoms with Gasteiger partial charge >= 0.3 is 0 Å². The number of benzene rings is 2. The number of nitrogens with one attached hydrogen (secondary N) is 1. The Balaban J connectivity index is 1.73. The second-order valence-electron chi connectivity index (χ2n) is 6.54. The molecule has 1 amide bonds. The van der Waals surface area contributed by atoms with E-state index in [1.807, 2.05) is 12.1 Å². The summed E-state index contributed by atoms with van der Waals surface area (Å²) >= 11 is 6.09. The summed E-state index contributed by atoms with van der Waals surface area (Å²) in [6.45, 7) is 0. The Kier molecular flexibility index (Phi) is 5.25. The number of aromatic nitrogens is 1. The minimum absolute atomic E-state index is 0.189. The second kappa shape index (κ2) is 8.00. The molecule has 0 fully saturated rings. The number of pyridine rings is 1. The lowest BCUT2D eigenvalue weighted by Gasteiger charge is -2.09. The Hall–Kier alpha value is -3.64. The van der Waals surface area contributed by atoms with Crippen LogP contribution < -0.4 is 10.1 Å². The van der Waals surface area contributed by atoms with Gasteiger partial charge in [0.15, 0.2) is 0 Å². The summed E-state index contributed by atoms with van der Waals surface area (Å²) in [7, 11) is 1.48. The molecule has 4 aromatic rings. The van der Waals surface area contributed by atoms with Gasteiger partial charge in [0.1, 0.15) is 17.3 Å². The highest BCUT2D eigenvalue weighted by molar-refractivity contribution is 6.47. The number of ether oxygens (including phenoxy) is 1. The first-order valence-electron chi connectivity index (χ1n) is 9.03. The van der Waals surface area contributed by atoms with Gasteiger partial charge in [-0.05, 0) is 54.1 Å². The molecule has 7 heteroatoms. The molecule has 150 valence electrons. The highest BCUT2D eigenvalue weighted by atomic mass is 35.5. The number of amides is 1. The summed E-state index contributed by atoms with van der Waals surface area (Å²) in [5, 5.41) is 2.88. The van der Waals surface area contributed by atoms with Gasteiger partial charge in [-0.25, -0.2) is 4.39 Å². The van der Waals surface area contributed by atoms with Crippen LogP contribution in [0.4, 0.5) is 10.1 Å². The quantitative estimate of drug-likeness (QED) is 0.354. The highest BCUT2D eigenvalue weighted by Crippen LogP contribution is 2.30. The fourth-order valence-corrected chi connectivity index (χ4v) is 3.50. The largest absolute Gasteiger partial charge is 0.495 e. The van der Waals surface area contributed by atoms with E-state index in [2.05, 4.69) is 5.32 Å². The SMILES string of the molecule is COc1ccc(NC(=O)C(=O)c2c(-c3ccc(F)cc3)cc3ccccn23)cc1Cl. The zero-order valence-corrected chi connectivity index (χ0v) is 16.6. The molecule has 0 bridgehead atoms. The van der Waals surface area contributed by atoms with Crippen LogP contribution >= 0.6 is 11.6 Å². The molecule has 2 aromatic heterocycles. The van der Waals surface area contributed by atoms with E-state index < -0.39 is 11.7 Å². The van der Waals surface area contributed by atoms with Gasteiger partial charge in [-0.1, -0.05) is 29.8 Å². The molecule has 2 aromatic carbocycles. The molecule has 30 heavy (non-hydrogen) atoms. The summed E-state index contributed by atoms with van der Waals surface area (Å²) in [5.74, 6) is -1.47. The molecule has 2 heterocycles. The van der Waals surface area contributed by atoms with Gasteiger partial charge in [0.05, 0.1) is 12.1 Å². The number of nitrogens with zero attached hydrogens (tertiary/aromatic N) is 1. The normalized spacial score (nSPS) is 10.8. The summed E-state index contributed by atoms with van der Waals surface area (Å²) in [5.41, 5.74) is 2.45. The van der Waals surface area contributed by atoms with Crippen molar-refractivity contribution in [2.24, 2.45) is 0 Å². The Morgan fingerprint density at radius 2 is 1.80 bits per heavy atom. The van der Waals surface area contributed by atoms with E-state index in [0.717, 1.165) is 5.52 Å². The minimum atomic E-state index is -0.816. The van der Waals surface area contributed by atoms with E-state index in [9.17, 15) is 14.0 Å². The van der Waals surface area contributed by atoms with Crippen LogP contribution in [0.25, 0.3) is 16.6 Å². The average molecular weight is 423 g/mol. The number of hydrogen-bond acceptors (Lipinski definition) is 3. The van der Waals surface area contributed by atoms with Gasteiger partial charge < -0.3 is 14.5 Å². The van der Waals surface area contributed by atoms with Crippen LogP contribution in [-0.2, 0) is 4.79 Å². The van der Waals surface area contributed by atoms with Crippen molar-refractivity contribution in [3.05, 3.63) is 89.5 Å². The fourth-order valence-electron chi connectivity index (χ4n) is 3.24. The highest BCUT2D eigenvalue weighted by Gasteiger charge is 2.25. The van der Waals surface area contributed by atoms with Crippen molar-refractivity contribution < 1.29 is 18.7 Å². The molecule has 0 unspecified atom stereocenters. The van der Waals surface area contributed by atoms with Crippen molar-refractivity contribution in [2.45, 2.75) is 0 Å². The second-order valence-corrected chi connectivity index (χ2v) is 6.95. The zero-order valence-electron chi connectivity index (χ0n) is 15.9. The lowest BCUT2D eigenvalue weighted by Crippen LogP contribution is -2.24. The van der Waals surface area contributed by atoms with Crippen molar-refractivity contribution in [3.8, 4) is 16.9 Å². The molecule has 0 aliphatic rings. The van der Waals surface area contributed by atoms with Gasteiger partial charge in [-0.3, -0.25) is 9.59 Å². The lowest BCUT2D eigenvalue weighted by atomic mass is 10.0. The fraction of sp³-hybridized carbons (Fsp3) is 0.0435. The third kappa shape index (κ3) is 3.65.